The topological polar surface area (TPSA) is 0 Å². The smallest absolute Gasteiger partial charge is 0.123 e. The van der Waals surface area contributed by atoms with E-state index in [1.54, 1.807) is 12.1 Å². The Morgan fingerprint density at radius 2 is 1.80 bits per heavy atom. The molecule has 1 unspecified atom stereocenters. The lowest BCUT2D eigenvalue weighted by molar-refractivity contribution is 0.627. The van der Waals surface area contributed by atoms with Crippen LogP contribution in [-0.4, -0.2) is 0 Å². The van der Waals surface area contributed by atoms with Gasteiger partial charge in [0.25, 0.3) is 0 Å². The molecule has 0 amide bonds. The van der Waals surface area contributed by atoms with Crippen LogP contribution in [0.2, 0.25) is 0 Å². The lowest BCUT2D eigenvalue weighted by Crippen LogP contribution is -1.83. The molecule has 0 aliphatic carbocycles. The molecule has 0 radical (unpaired) electrons. The van der Waals surface area contributed by atoms with Crippen molar-refractivity contribution in [1.82, 2.24) is 0 Å². The summed E-state index contributed by atoms with van der Waals surface area (Å²) < 4.78 is 12.3. The number of rotatable bonds is 1. The van der Waals surface area contributed by atoms with E-state index in [1.807, 2.05) is 6.92 Å². The van der Waals surface area contributed by atoms with E-state index < -0.39 is 0 Å². The van der Waals surface area contributed by atoms with Gasteiger partial charge in [0.2, 0.25) is 0 Å². The van der Waals surface area contributed by atoms with Crippen LogP contribution in [0.4, 0.5) is 4.39 Å². The summed E-state index contributed by atoms with van der Waals surface area (Å²) >= 11 is 5.73. The normalized spacial score (nSPS) is 13.1. The molecule has 1 atom stereocenters. The van der Waals surface area contributed by atoms with Crippen molar-refractivity contribution in [3.05, 3.63) is 35.6 Å². The fourth-order valence-corrected chi connectivity index (χ4v) is 0.873. The SMILES string of the molecule is CC(Cl)c1ccc(F)cc1. The molecule has 1 rings (SSSR count). The first kappa shape index (κ1) is 7.55. The van der Waals surface area contributed by atoms with Gasteiger partial charge in [0.15, 0.2) is 0 Å². The van der Waals surface area contributed by atoms with Crippen LogP contribution in [-0.2, 0) is 0 Å². The molecule has 0 heterocycles. The van der Waals surface area contributed by atoms with Crippen LogP contribution >= 0.6 is 11.6 Å². The van der Waals surface area contributed by atoms with Crippen molar-refractivity contribution in [3.8, 4) is 0 Å². The molecule has 0 spiro atoms. The third-order valence-electron chi connectivity index (χ3n) is 1.33. The fraction of sp³-hybridized carbons (Fsp3) is 0.250. The zero-order chi connectivity index (χ0) is 7.56. The Bertz CT molecular complexity index is 203. The van der Waals surface area contributed by atoms with Crippen LogP contribution < -0.4 is 0 Å². The zero-order valence-corrected chi connectivity index (χ0v) is 6.40. The predicted molar refractivity (Wildman–Crippen MR) is 40.7 cm³/mol. The molecule has 1 aromatic rings. The second kappa shape index (κ2) is 3.02. The van der Waals surface area contributed by atoms with Gasteiger partial charge in [-0.2, -0.15) is 0 Å². The van der Waals surface area contributed by atoms with Gasteiger partial charge in [0, 0.05) is 0 Å². The van der Waals surface area contributed by atoms with Gasteiger partial charge in [0.1, 0.15) is 5.82 Å². The van der Waals surface area contributed by atoms with E-state index in [9.17, 15) is 4.39 Å². The average Bonchev–Trinajstić information content (AvgIpc) is 1.88. The number of benzene rings is 1. The van der Waals surface area contributed by atoms with Crippen molar-refractivity contribution in [2.45, 2.75) is 12.3 Å². The third kappa shape index (κ3) is 1.71. The van der Waals surface area contributed by atoms with E-state index in [0.717, 1.165) is 5.56 Å². The fourth-order valence-electron chi connectivity index (χ4n) is 0.728. The van der Waals surface area contributed by atoms with Crippen LogP contribution in [0.5, 0.6) is 0 Å². The molecule has 1 aromatic carbocycles. The van der Waals surface area contributed by atoms with Gasteiger partial charge in [-0.15, -0.1) is 11.6 Å². The number of hydrogen-bond acceptors (Lipinski definition) is 0. The molecule has 10 heavy (non-hydrogen) atoms. The summed E-state index contributed by atoms with van der Waals surface area (Å²) in [4.78, 5) is 0. The maximum atomic E-state index is 12.3. The first-order valence-corrected chi connectivity index (χ1v) is 3.53. The highest BCUT2D eigenvalue weighted by Gasteiger charge is 1.98. The van der Waals surface area contributed by atoms with Crippen LogP contribution in [0.1, 0.15) is 17.9 Å². The second-order valence-electron chi connectivity index (χ2n) is 2.17. The highest BCUT2D eigenvalue weighted by atomic mass is 35.5. The Labute approximate surface area is 64.6 Å². The Kier molecular flexibility index (Phi) is 2.28. The van der Waals surface area contributed by atoms with E-state index >= 15 is 0 Å². The Morgan fingerprint density at radius 3 is 2.20 bits per heavy atom. The molecule has 2 heteroatoms. The highest BCUT2D eigenvalue weighted by molar-refractivity contribution is 6.20. The summed E-state index contributed by atoms with van der Waals surface area (Å²) in [6.07, 6.45) is 0. The van der Waals surface area contributed by atoms with Crippen molar-refractivity contribution >= 4 is 11.6 Å². The minimum Gasteiger partial charge on any atom is -0.207 e. The van der Waals surface area contributed by atoms with Crippen LogP contribution in [0.25, 0.3) is 0 Å². The minimum absolute atomic E-state index is 0.0411. The molecule has 0 fully saturated rings. The molecule has 0 N–H and O–H groups in total. The van der Waals surface area contributed by atoms with Gasteiger partial charge in [-0.3, -0.25) is 0 Å². The van der Waals surface area contributed by atoms with Crippen molar-refractivity contribution in [2.24, 2.45) is 0 Å². The molecule has 0 aliphatic rings. The van der Waals surface area contributed by atoms with Gasteiger partial charge in [-0.1, -0.05) is 12.1 Å². The van der Waals surface area contributed by atoms with Gasteiger partial charge in [-0.05, 0) is 24.6 Å². The van der Waals surface area contributed by atoms with E-state index in [-0.39, 0.29) is 11.2 Å². The largest absolute Gasteiger partial charge is 0.207 e. The summed E-state index contributed by atoms with van der Waals surface area (Å²) in [5.74, 6) is -0.221. The van der Waals surface area contributed by atoms with Crippen LogP contribution in [0, 0.1) is 5.82 Å². The quantitative estimate of drug-likeness (QED) is 0.551. The Hall–Kier alpha value is -0.560. The summed E-state index contributed by atoms with van der Waals surface area (Å²) in [6.45, 7) is 1.86. The van der Waals surface area contributed by atoms with E-state index in [2.05, 4.69) is 0 Å². The lowest BCUT2D eigenvalue weighted by atomic mass is 10.2. The monoisotopic (exact) mass is 158 g/mol. The standard InChI is InChI=1S/C8H8ClF/c1-6(9)7-2-4-8(10)5-3-7/h2-6H,1H3. The van der Waals surface area contributed by atoms with E-state index in [4.69, 9.17) is 11.6 Å². The van der Waals surface area contributed by atoms with Crippen LogP contribution in [0.15, 0.2) is 24.3 Å². The summed E-state index contributed by atoms with van der Waals surface area (Å²) in [5, 5.41) is -0.0411. The Morgan fingerprint density at radius 1 is 1.30 bits per heavy atom. The number of alkyl halides is 1. The summed E-state index contributed by atoms with van der Waals surface area (Å²) in [6, 6.07) is 6.20. The number of hydrogen-bond donors (Lipinski definition) is 0. The molecule has 54 valence electrons. The first-order valence-electron chi connectivity index (χ1n) is 3.09. The molecule has 0 saturated heterocycles. The first-order chi connectivity index (χ1) is 4.70. The molecule has 0 aromatic heterocycles. The zero-order valence-electron chi connectivity index (χ0n) is 5.64. The second-order valence-corrected chi connectivity index (χ2v) is 2.82. The highest BCUT2D eigenvalue weighted by Crippen LogP contribution is 2.18. The summed E-state index contributed by atoms with van der Waals surface area (Å²) in [7, 11) is 0. The molecule has 0 aliphatic heterocycles. The van der Waals surface area contributed by atoms with Crippen molar-refractivity contribution < 1.29 is 4.39 Å². The van der Waals surface area contributed by atoms with Gasteiger partial charge in [0.05, 0.1) is 5.38 Å². The van der Waals surface area contributed by atoms with Crippen molar-refractivity contribution in [2.75, 3.05) is 0 Å². The van der Waals surface area contributed by atoms with Gasteiger partial charge >= 0.3 is 0 Å². The summed E-state index contributed by atoms with van der Waals surface area (Å²) in [5.41, 5.74) is 0.947. The molecule has 0 saturated carbocycles. The van der Waals surface area contributed by atoms with Crippen LogP contribution in [0.3, 0.4) is 0 Å². The van der Waals surface area contributed by atoms with E-state index in [1.165, 1.54) is 12.1 Å². The third-order valence-corrected chi connectivity index (χ3v) is 1.58. The van der Waals surface area contributed by atoms with Crippen molar-refractivity contribution in [1.29, 1.82) is 0 Å². The maximum absolute atomic E-state index is 12.3. The lowest BCUT2D eigenvalue weighted by Gasteiger charge is -2.00. The van der Waals surface area contributed by atoms with Gasteiger partial charge in [-0.25, -0.2) is 4.39 Å². The predicted octanol–water partition coefficient (Wildman–Crippen LogP) is 3.13. The minimum atomic E-state index is -0.221. The average molecular weight is 159 g/mol. The molecule has 0 nitrogen and oxygen atoms in total. The van der Waals surface area contributed by atoms with Crippen molar-refractivity contribution in [3.63, 3.8) is 0 Å². The number of halogens is 2. The molecule has 0 bridgehead atoms. The molecular weight excluding hydrogens is 151 g/mol. The van der Waals surface area contributed by atoms with Gasteiger partial charge < -0.3 is 0 Å². The molecular formula is C8H8ClF. The van der Waals surface area contributed by atoms with E-state index in [0.29, 0.717) is 0 Å². The maximum Gasteiger partial charge on any atom is 0.123 e. The Balaban J connectivity index is 2.89.